The van der Waals surface area contributed by atoms with Gasteiger partial charge < -0.3 is 5.32 Å². The molecule has 3 aromatic heterocycles. The molecule has 0 fully saturated rings. The summed E-state index contributed by atoms with van der Waals surface area (Å²) in [5, 5.41) is 13.5. The second-order valence-corrected chi connectivity index (χ2v) is 6.30. The van der Waals surface area contributed by atoms with Crippen molar-refractivity contribution < 1.29 is 13.6 Å². The standard InChI is InChI=1S/C19H16F2N6O/c1-3-17-24-18(26-25-17)12-7-15(10(2)6-14(12)21)23-19(28)13-8-22-27-9-11(20)4-5-16(13)27/h4-9H,3H2,1-2H3,(H,23,28)(H,24,25,26). The molecule has 28 heavy (non-hydrogen) atoms. The molecule has 0 aliphatic carbocycles. The van der Waals surface area contributed by atoms with Crippen LogP contribution in [-0.4, -0.2) is 30.7 Å². The maximum absolute atomic E-state index is 14.4. The van der Waals surface area contributed by atoms with Gasteiger partial charge in [0.1, 0.15) is 17.5 Å². The smallest absolute Gasteiger partial charge is 0.259 e. The Bertz CT molecular complexity index is 1200. The number of nitrogens with one attached hydrogen (secondary N) is 2. The van der Waals surface area contributed by atoms with Crippen LogP contribution in [0.2, 0.25) is 0 Å². The van der Waals surface area contributed by atoms with Crippen molar-refractivity contribution >= 4 is 17.1 Å². The summed E-state index contributed by atoms with van der Waals surface area (Å²) >= 11 is 0. The molecule has 0 aliphatic rings. The van der Waals surface area contributed by atoms with E-state index in [1.807, 2.05) is 6.92 Å². The summed E-state index contributed by atoms with van der Waals surface area (Å²) in [5.74, 6) is -0.523. The number of fused-ring (bicyclic) bond motifs is 1. The second kappa shape index (κ2) is 6.84. The highest BCUT2D eigenvalue weighted by molar-refractivity contribution is 6.09. The van der Waals surface area contributed by atoms with Crippen LogP contribution in [0.25, 0.3) is 16.9 Å². The van der Waals surface area contributed by atoms with Gasteiger partial charge in [-0.3, -0.25) is 9.89 Å². The molecule has 0 radical (unpaired) electrons. The molecule has 0 aliphatic heterocycles. The first-order valence-corrected chi connectivity index (χ1v) is 8.62. The second-order valence-electron chi connectivity index (χ2n) is 6.30. The molecule has 1 aromatic carbocycles. The number of rotatable bonds is 4. The monoisotopic (exact) mass is 382 g/mol. The van der Waals surface area contributed by atoms with E-state index in [0.29, 0.717) is 29.0 Å². The number of carbonyl (C=O) groups is 1. The summed E-state index contributed by atoms with van der Waals surface area (Å²) in [6.07, 6.45) is 3.17. The number of nitrogens with zero attached hydrogens (tertiary/aromatic N) is 4. The van der Waals surface area contributed by atoms with Gasteiger partial charge in [-0.2, -0.15) is 10.2 Å². The Hall–Kier alpha value is -3.62. The molecule has 0 atom stereocenters. The first-order valence-electron chi connectivity index (χ1n) is 8.62. The molecule has 3 heterocycles. The Morgan fingerprint density at radius 2 is 2.11 bits per heavy atom. The van der Waals surface area contributed by atoms with Crippen LogP contribution >= 0.6 is 0 Å². The fourth-order valence-electron chi connectivity index (χ4n) is 2.88. The molecule has 0 saturated heterocycles. The minimum absolute atomic E-state index is 0.179. The first-order chi connectivity index (χ1) is 13.5. The number of halogens is 2. The molecule has 0 bridgehead atoms. The van der Waals surface area contributed by atoms with Crippen molar-refractivity contribution in [2.75, 3.05) is 5.32 Å². The quantitative estimate of drug-likeness (QED) is 0.565. The van der Waals surface area contributed by atoms with Crippen molar-refractivity contribution in [3.8, 4) is 11.4 Å². The van der Waals surface area contributed by atoms with Gasteiger partial charge in [0.05, 0.1) is 29.0 Å². The number of amides is 1. The van der Waals surface area contributed by atoms with E-state index in [0.717, 1.165) is 0 Å². The minimum atomic E-state index is -0.483. The zero-order valence-corrected chi connectivity index (χ0v) is 15.1. The fraction of sp³-hybridized carbons (Fsp3) is 0.158. The van der Waals surface area contributed by atoms with Crippen LogP contribution in [0.5, 0.6) is 0 Å². The highest BCUT2D eigenvalue weighted by atomic mass is 19.1. The molecular weight excluding hydrogens is 366 g/mol. The lowest BCUT2D eigenvalue weighted by atomic mass is 10.1. The van der Waals surface area contributed by atoms with Crippen LogP contribution in [0.15, 0.2) is 36.7 Å². The van der Waals surface area contributed by atoms with Crippen LogP contribution in [0.1, 0.15) is 28.7 Å². The lowest BCUT2D eigenvalue weighted by Gasteiger charge is -2.10. The third-order valence-electron chi connectivity index (χ3n) is 4.39. The van der Waals surface area contributed by atoms with Crippen molar-refractivity contribution in [2.24, 2.45) is 0 Å². The van der Waals surface area contributed by atoms with Crippen LogP contribution < -0.4 is 5.32 Å². The molecule has 0 saturated carbocycles. The van der Waals surface area contributed by atoms with E-state index in [1.165, 1.54) is 41.2 Å². The van der Waals surface area contributed by atoms with Crippen LogP contribution in [0, 0.1) is 18.6 Å². The van der Waals surface area contributed by atoms with Gasteiger partial charge in [-0.05, 0) is 36.8 Å². The van der Waals surface area contributed by atoms with E-state index in [4.69, 9.17) is 0 Å². The maximum atomic E-state index is 14.4. The minimum Gasteiger partial charge on any atom is -0.322 e. The Labute approximate surface area is 158 Å². The van der Waals surface area contributed by atoms with Gasteiger partial charge in [0.25, 0.3) is 5.91 Å². The molecule has 7 nitrogen and oxygen atoms in total. The number of anilines is 1. The summed E-state index contributed by atoms with van der Waals surface area (Å²) in [7, 11) is 0. The van der Waals surface area contributed by atoms with Gasteiger partial charge in [-0.1, -0.05) is 6.92 Å². The van der Waals surface area contributed by atoms with Crippen molar-refractivity contribution in [1.82, 2.24) is 24.8 Å². The van der Waals surface area contributed by atoms with Crippen molar-refractivity contribution in [1.29, 1.82) is 0 Å². The largest absolute Gasteiger partial charge is 0.322 e. The van der Waals surface area contributed by atoms with Crippen LogP contribution in [0.3, 0.4) is 0 Å². The highest BCUT2D eigenvalue weighted by Gasteiger charge is 2.18. The van der Waals surface area contributed by atoms with Gasteiger partial charge in [0.15, 0.2) is 5.82 Å². The predicted molar refractivity (Wildman–Crippen MR) is 99.0 cm³/mol. The van der Waals surface area contributed by atoms with E-state index in [2.05, 4.69) is 25.6 Å². The molecule has 1 amide bonds. The lowest BCUT2D eigenvalue weighted by molar-refractivity contribution is 0.102. The van der Waals surface area contributed by atoms with Crippen molar-refractivity contribution in [2.45, 2.75) is 20.3 Å². The highest BCUT2D eigenvalue weighted by Crippen LogP contribution is 2.27. The average molecular weight is 382 g/mol. The molecule has 4 aromatic rings. The number of pyridine rings is 1. The number of carbonyl (C=O) groups excluding carboxylic acids is 1. The number of aromatic nitrogens is 5. The van der Waals surface area contributed by atoms with Gasteiger partial charge in [-0.25, -0.2) is 18.3 Å². The Morgan fingerprint density at radius 3 is 2.86 bits per heavy atom. The van der Waals surface area contributed by atoms with E-state index < -0.39 is 17.5 Å². The van der Waals surface area contributed by atoms with Gasteiger partial charge >= 0.3 is 0 Å². The molecule has 2 N–H and O–H groups in total. The van der Waals surface area contributed by atoms with Crippen LogP contribution in [-0.2, 0) is 6.42 Å². The first kappa shape index (κ1) is 17.8. The zero-order chi connectivity index (χ0) is 19.8. The fourth-order valence-corrected chi connectivity index (χ4v) is 2.88. The Kier molecular flexibility index (Phi) is 4.34. The number of hydrogen-bond donors (Lipinski definition) is 2. The molecule has 4 rings (SSSR count). The number of H-pyrrole nitrogens is 1. The summed E-state index contributed by atoms with van der Waals surface area (Å²) in [6.45, 7) is 3.59. The topological polar surface area (TPSA) is 88.0 Å². The lowest BCUT2D eigenvalue weighted by Crippen LogP contribution is -2.13. The molecule has 0 unspecified atom stereocenters. The number of aryl methyl sites for hydroxylation is 2. The van der Waals surface area contributed by atoms with Crippen molar-refractivity contribution in [3.63, 3.8) is 0 Å². The Balaban J connectivity index is 1.68. The third-order valence-corrected chi connectivity index (χ3v) is 4.39. The third kappa shape index (κ3) is 3.11. The summed E-state index contributed by atoms with van der Waals surface area (Å²) in [5.41, 5.74) is 1.88. The van der Waals surface area contributed by atoms with Gasteiger partial charge in [-0.15, -0.1) is 0 Å². The molecule has 0 spiro atoms. The maximum Gasteiger partial charge on any atom is 0.259 e. The van der Waals surface area contributed by atoms with Crippen LogP contribution in [0.4, 0.5) is 14.5 Å². The van der Waals surface area contributed by atoms with Crippen molar-refractivity contribution in [3.05, 3.63) is 65.2 Å². The number of hydrogen-bond acceptors (Lipinski definition) is 4. The zero-order valence-electron chi connectivity index (χ0n) is 15.1. The van der Waals surface area contributed by atoms with Gasteiger partial charge in [0, 0.05) is 12.1 Å². The molecule has 142 valence electrons. The van der Waals surface area contributed by atoms with E-state index in [-0.39, 0.29) is 17.0 Å². The predicted octanol–water partition coefficient (Wildman–Crippen LogP) is 3.52. The number of aromatic amines is 1. The molecule has 9 heteroatoms. The van der Waals surface area contributed by atoms with E-state index in [9.17, 15) is 13.6 Å². The summed E-state index contributed by atoms with van der Waals surface area (Å²) in [6, 6.07) is 5.54. The Morgan fingerprint density at radius 1 is 1.29 bits per heavy atom. The van der Waals surface area contributed by atoms with E-state index in [1.54, 1.807) is 6.92 Å². The summed E-state index contributed by atoms with van der Waals surface area (Å²) in [4.78, 5) is 17.0. The number of benzene rings is 1. The molecular formula is C19H16F2N6O. The summed E-state index contributed by atoms with van der Waals surface area (Å²) < 4.78 is 29.0. The van der Waals surface area contributed by atoms with E-state index >= 15 is 0 Å². The SMILES string of the molecule is CCc1nc(-c2cc(NC(=O)c3cnn4cc(F)ccc34)c(C)cc2F)n[nH]1. The average Bonchev–Trinajstić information content (AvgIpc) is 3.30. The normalized spacial score (nSPS) is 11.1. The van der Waals surface area contributed by atoms with Gasteiger partial charge in [0.2, 0.25) is 0 Å².